The van der Waals surface area contributed by atoms with Gasteiger partial charge in [0.05, 0.1) is 13.2 Å². The number of hydrogen-bond acceptors (Lipinski definition) is 2. The molecule has 0 amide bonds. The first-order valence-corrected chi connectivity index (χ1v) is 8.22. The van der Waals surface area contributed by atoms with Gasteiger partial charge in [0, 0.05) is 5.69 Å². The minimum Gasteiger partial charge on any atom is -0.497 e. The molecule has 2 N–H and O–H groups in total. The van der Waals surface area contributed by atoms with E-state index in [9.17, 15) is 0 Å². The number of hydrogen-bond donors (Lipinski definition) is 2. The summed E-state index contributed by atoms with van der Waals surface area (Å²) in [5.41, 5.74) is 3.47. The molecule has 0 fully saturated rings. The quantitative estimate of drug-likeness (QED) is 0.768. The second-order valence-electron chi connectivity index (χ2n) is 5.87. The average molecular weight is 328 g/mol. The summed E-state index contributed by atoms with van der Waals surface area (Å²) < 4.78 is 5.18. The van der Waals surface area contributed by atoms with Crippen molar-refractivity contribution in [3.63, 3.8) is 0 Å². The second-order valence-corrected chi connectivity index (χ2v) is 6.28. The van der Waals surface area contributed by atoms with Crippen molar-refractivity contribution in [3.05, 3.63) is 59.7 Å². The summed E-state index contributed by atoms with van der Waals surface area (Å²) >= 11 is 5.40. The fraction of sp³-hybridized carbons (Fsp3) is 0.316. The largest absolute Gasteiger partial charge is 0.497 e. The van der Waals surface area contributed by atoms with E-state index < -0.39 is 0 Å². The predicted molar refractivity (Wildman–Crippen MR) is 101 cm³/mol. The van der Waals surface area contributed by atoms with Crippen LogP contribution in [0.5, 0.6) is 5.75 Å². The van der Waals surface area contributed by atoms with Crippen LogP contribution >= 0.6 is 12.2 Å². The summed E-state index contributed by atoms with van der Waals surface area (Å²) in [4.78, 5) is 0. The van der Waals surface area contributed by atoms with Crippen LogP contribution in [-0.2, 0) is 0 Å². The minimum atomic E-state index is 0.121. The normalized spacial score (nSPS) is 11.9. The highest BCUT2D eigenvalue weighted by Gasteiger charge is 2.07. The van der Waals surface area contributed by atoms with Crippen molar-refractivity contribution in [1.82, 2.24) is 5.32 Å². The molecule has 2 aromatic rings. The molecule has 4 heteroatoms. The summed E-state index contributed by atoms with van der Waals surface area (Å²) in [5, 5.41) is 7.14. The Balaban J connectivity index is 1.92. The molecule has 0 spiro atoms. The van der Waals surface area contributed by atoms with E-state index in [1.165, 1.54) is 5.56 Å². The van der Waals surface area contributed by atoms with E-state index >= 15 is 0 Å². The van der Waals surface area contributed by atoms with Gasteiger partial charge in [0.1, 0.15) is 5.75 Å². The van der Waals surface area contributed by atoms with E-state index in [-0.39, 0.29) is 6.04 Å². The molecule has 0 radical (unpaired) electrons. The van der Waals surface area contributed by atoms with Crippen LogP contribution in [0.1, 0.15) is 43.9 Å². The van der Waals surface area contributed by atoms with Gasteiger partial charge in [-0.15, -0.1) is 0 Å². The van der Waals surface area contributed by atoms with Crippen LogP contribution in [0.3, 0.4) is 0 Å². The van der Waals surface area contributed by atoms with E-state index in [0.717, 1.165) is 17.0 Å². The van der Waals surface area contributed by atoms with Gasteiger partial charge in [-0.25, -0.2) is 0 Å². The number of benzene rings is 2. The molecule has 0 aliphatic rings. The Hall–Kier alpha value is -2.07. The van der Waals surface area contributed by atoms with Crippen LogP contribution in [0.4, 0.5) is 5.69 Å². The first-order valence-electron chi connectivity index (χ1n) is 7.81. The molecule has 122 valence electrons. The van der Waals surface area contributed by atoms with Gasteiger partial charge >= 0.3 is 0 Å². The molecule has 1 atom stereocenters. The van der Waals surface area contributed by atoms with Crippen LogP contribution in [0.2, 0.25) is 0 Å². The topological polar surface area (TPSA) is 33.3 Å². The number of anilines is 1. The average Bonchev–Trinajstić information content (AvgIpc) is 2.55. The van der Waals surface area contributed by atoms with Gasteiger partial charge in [0.15, 0.2) is 5.11 Å². The number of rotatable bonds is 5. The van der Waals surface area contributed by atoms with Gasteiger partial charge < -0.3 is 15.4 Å². The summed E-state index contributed by atoms with van der Waals surface area (Å²) in [6.07, 6.45) is 0. The molecular weight excluding hydrogens is 304 g/mol. The zero-order valence-corrected chi connectivity index (χ0v) is 14.9. The third-order valence-electron chi connectivity index (χ3n) is 3.80. The smallest absolute Gasteiger partial charge is 0.171 e. The molecule has 0 aliphatic heterocycles. The lowest BCUT2D eigenvalue weighted by Crippen LogP contribution is -2.30. The van der Waals surface area contributed by atoms with Crippen molar-refractivity contribution in [2.75, 3.05) is 12.4 Å². The van der Waals surface area contributed by atoms with Crippen LogP contribution < -0.4 is 15.4 Å². The van der Waals surface area contributed by atoms with E-state index in [0.29, 0.717) is 11.0 Å². The van der Waals surface area contributed by atoms with Crippen LogP contribution in [0.25, 0.3) is 0 Å². The van der Waals surface area contributed by atoms with Crippen molar-refractivity contribution >= 4 is 23.0 Å². The van der Waals surface area contributed by atoms with Crippen molar-refractivity contribution in [2.45, 2.75) is 32.7 Å². The summed E-state index contributed by atoms with van der Waals surface area (Å²) in [6, 6.07) is 16.5. The van der Waals surface area contributed by atoms with Gasteiger partial charge in [-0.05, 0) is 60.5 Å². The Labute approximate surface area is 144 Å². The van der Waals surface area contributed by atoms with Gasteiger partial charge in [0.25, 0.3) is 0 Å². The molecule has 0 aromatic heterocycles. The summed E-state index contributed by atoms with van der Waals surface area (Å²) in [6.45, 7) is 6.45. The maximum absolute atomic E-state index is 5.40. The molecule has 0 bridgehead atoms. The standard InChI is InChI=1S/C19H24N2OS/c1-13(2)15-5-9-17(10-6-15)21-19(23)20-14(3)16-7-11-18(22-4)12-8-16/h5-14H,1-4H3,(H2,20,21,23)/t14-/m0/s1. The summed E-state index contributed by atoms with van der Waals surface area (Å²) in [5.74, 6) is 1.39. The Morgan fingerprint density at radius 2 is 1.48 bits per heavy atom. The Morgan fingerprint density at radius 1 is 0.913 bits per heavy atom. The monoisotopic (exact) mass is 328 g/mol. The third-order valence-corrected chi connectivity index (χ3v) is 4.02. The molecule has 2 rings (SSSR count). The fourth-order valence-corrected chi connectivity index (χ4v) is 2.59. The number of ether oxygens (including phenoxy) is 1. The van der Waals surface area contributed by atoms with E-state index in [2.05, 4.69) is 55.7 Å². The molecule has 3 nitrogen and oxygen atoms in total. The van der Waals surface area contributed by atoms with Gasteiger partial charge in [-0.1, -0.05) is 38.1 Å². The molecule has 0 unspecified atom stereocenters. The zero-order chi connectivity index (χ0) is 16.8. The van der Waals surface area contributed by atoms with Gasteiger partial charge in [-0.3, -0.25) is 0 Å². The maximum atomic E-state index is 5.40. The molecule has 0 heterocycles. The molecule has 0 aliphatic carbocycles. The van der Waals surface area contributed by atoms with E-state index in [1.54, 1.807) is 7.11 Å². The van der Waals surface area contributed by atoms with Crippen molar-refractivity contribution in [3.8, 4) is 5.75 Å². The summed E-state index contributed by atoms with van der Waals surface area (Å²) in [7, 11) is 1.67. The van der Waals surface area contributed by atoms with Crippen LogP contribution in [-0.4, -0.2) is 12.2 Å². The first kappa shape index (κ1) is 17.3. The molecule has 0 saturated heterocycles. The highest BCUT2D eigenvalue weighted by atomic mass is 32.1. The second kappa shape index (κ2) is 7.97. The molecule has 0 saturated carbocycles. The lowest BCUT2D eigenvalue weighted by Gasteiger charge is -2.18. The molecular formula is C19H24N2OS. The van der Waals surface area contributed by atoms with Crippen molar-refractivity contribution in [2.24, 2.45) is 0 Å². The first-order chi connectivity index (χ1) is 11.0. The predicted octanol–water partition coefficient (Wildman–Crippen LogP) is 4.87. The van der Waals surface area contributed by atoms with E-state index in [1.807, 2.05) is 24.3 Å². The lowest BCUT2D eigenvalue weighted by molar-refractivity contribution is 0.414. The highest BCUT2D eigenvalue weighted by Crippen LogP contribution is 2.19. The maximum Gasteiger partial charge on any atom is 0.171 e. The van der Waals surface area contributed by atoms with Crippen LogP contribution in [0, 0.1) is 0 Å². The third kappa shape index (κ3) is 4.96. The van der Waals surface area contributed by atoms with E-state index in [4.69, 9.17) is 17.0 Å². The Morgan fingerprint density at radius 3 is 2.00 bits per heavy atom. The van der Waals surface area contributed by atoms with Crippen LogP contribution in [0.15, 0.2) is 48.5 Å². The number of methoxy groups -OCH3 is 1. The Kier molecular flexibility index (Phi) is 5.99. The minimum absolute atomic E-state index is 0.121. The number of nitrogens with one attached hydrogen (secondary N) is 2. The fourth-order valence-electron chi connectivity index (χ4n) is 2.29. The van der Waals surface area contributed by atoms with Gasteiger partial charge in [0.2, 0.25) is 0 Å². The molecule has 2 aromatic carbocycles. The number of thiocarbonyl (C=S) groups is 1. The zero-order valence-electron chi connectivity index (χ0n) is 14.1. The SMILES string of the molecule is COc1ccc([C@H](C)NC(=S)Nc2ccc(C(C)C)cc2)cc1. The van der Waals surface area contributed by atoms with Crippen molar-refractivity contribution in [1.29, 1.82) is 0 Å². The molecule has 23 heavy (non-hydrogen) atoms. The Bertz CT molecular complexity index is 635. The van der Waals surface area contributed by atoms with Gasteiger partial charge in [-0.2, -0.15) is 0 Å². The van der Waals surface area contributed by atoms with Crippen molar-refractivity contribution < 1.29 is 4.74 Å². The highest BCUT2D eigenvalue weighted by molar-refractivity contribution is 7.80. The lowest BCUT2D eigenvalue weighted by atomic mass is 10.0.